The maximum atomic E-state index is 11.7. The summed E-state index contributed by atoms with van der Waals surface area (Å²) < 4.78 is 4.81. The molecule has 0 spiro atoms. The van der Waals surface area contributed by atoms with Gasteiger partial charge in [0.15, 0.2) is 0 Å². The van der Waals surface area contributed by atoms with Crippen molar-refractivity contribution in [3.05, 3.63) is 59.7 Å². The zero-order valence-electron chi connectivity index (χ0n) is 19.7. The Kier molecular flexibility index (Phi) is 7.40. The van der Waals surface area contributed by atoms with Gasteiger partial charge in [0.25, 0.3) is 0 Å². The minimum absolute atomic E-state index is 0.296. The maximum Gasteiger partial charge on any atom is 0.337 e. The van der Waals surface area contributed by atoms with Gasteiger partial charge >= 0.3 is 5.97 Å². The van der Waals surface area contributed by atoms with E-state index >= 15 is 0 Å². The fourth-order valence-electron chi connectivity index (χ4n) is 4.51. The highest BCUT2D eigenvalue weighted by Gasteiger charge is 2.22. The number of carbonyl (C=O) groups is 1. The molecule has 2 aromatic carbocycles. The highest BCUT2D eigenvalue weighted by molar-refractivity contribution is 5.90. The molecular weight excluding hydrogens is 414 g/mol. The number of methoxy groups -OCH3 is 1. The molecule has 0 unspecified atom stereocenters. The van der Waals surface area contributed by atoms with Crippen molar-refractivity contribution >= 4 is 28.6 Å². The quantitative estimate of drug-likeness (QED) is 0.500. The molecule has 1 saturated carbocycles. The van der Waals surface area contributed by atoms with Crippen molar-refractivity contribution in [2.75, 3.05) is 38.0 Å². The molecule has 0 atom stereocenters. The van der Waals surface area contributed by atoms with Crippen LogP contribution in [0.5, 0.6) is 0 Å². The van der Waals surface area contributed by atoms with Crippen LogP contribution in [0.4, 0.5) is 11.8 Å². The summed E-state index contributed by atoms with van der Waals surface area (Å²) in [6, 6.07) is 16.2. The Morgan fingerprint density at radius 1 is 1.06 bits per heavy atom. The van der Waals surface area contributed by atoms with Gasteiger partial charge in [-0.05, 0) is 68.0 Å². The van der Waals surface area contributed by atoms with E-state index in [0.717, 1.165) is 48.2 Å². The van der Waals surface area contributed by atoms with Gasteiger partial charge in [0.2, 0.25) is 5.95 Å². The second-order valence-electron chi connectivity index (χ2n) is 8.97. The van der Waals surface area contributed by atoms with Crippen molar-refractivity contribution in [1.82, 2.24) is 15.3 Å². The van der Waals surface area contributed by atoms with Gasteiger partial charge in [-0.15, -0.1) is 0 Å². The first-order valence-electron chi connectivity index (χ1n) is 11.6. The predicted molar refractivity (Wildman–Crippen MR) is 133 cm³/mol. The van der Waals surface area contributed by atoms with Gasteiger partial charge < -0.3 is 20.3 Å². The third-order valence-corrected chi connectivity index (χ3v) is 6.30. The number of benzene rings is 2. The molecule has 33 heavy (non-hydrogen) atoms. The molecule has 1 aromatic heterocycles. The van der Waals surface area contributed by atoms with Crippen LogP contribution in [0.25, 0.3) is 10.9 Å². The zero-order chi connectivity index (χ0) is 23.2. The van der Waals surface area contributed by atoms with Crippen LogP contribution in [0.2, 0.25) is 0 Å². The summed E-state index contributed by atoms with van der Waals surface area (Å²) in [5.74, 6) is 2.01. The van der Waals surface area contributed by atoms with Crippen LogP contribution >= 0.6 is 0 Å². The summed E-state index contributed by atoms with van der Waals surface area (Å²) in [5, 5.41) is 8.21. The minimum atomic E-state index is -0.296. The summed E-state index contributed by atoms with van der Waals surface area (Å²) in [7, 11) is 5.44. The van der Waals surface area contributed by atoms with Crippen molar-refractivity contribution in [2.24, 2.45) is 5.92 Å². The molecule has 7 nitrogen and oxygen atoms in total. The molecule has 0 saturated heterocycles. The van der Waals surface area contributed by atoms with Gasteiger partial charge in [-0.25, -0.2) is 9.78 Å². The number of fused-ring (bicyclic) bond motifs is 1. The zero-order valence-corrected chi connectivity index (χ0v) is 19.7. The van der Waals surface area contributed by atoms with E-state index in [2.05, 4.69) is 16.7 Å². The topological polar surface area (TPSA) is 79.4 Å². The molecule has 1 aliphatic carbocycles. The van der Waals surface area contributed by atoms with Crippen LogP contribution in [-0.2, 0) is 11.3 Å². The molecule has 0 amide bonds. The van der Waals surface area contributed by atoms with E-state index in [1.807, 2.05) is 55.4 Å². The van der Waals surface area contributed by atoms with Crippen LogP contribution in [0.1, 0.15) is 41.6 Å². The van der Waals surface area contributed by atoms with E-state index < -0.39 is 0 Å². The van der Waals surface area contributed by atoms with Gasteiger partial charge in [-0.3, -0.25) is 0 Å². The Balaban J connectivity index is 1.27. The van der Waals surface area contributed by atoms with Gasteiger partial charge in [-0.2, -0.15) is 4.98 Å². The SMILES string of the molecule is COC(=O)c1cccc(CNC[C@H]2CC[C@@H](Nc3nc(N(C)C)c4ccccc4n3)CC2)c1. The molecule has 2 N–H and O–H groups in total. The van der Waals surface area contributed by atoms with Crippen LogP contribution in [0.15, 0.2) is 48.5 Å². The Bertz CT molecular complexity index is 1090. The van der Waals surface area contributed by atoms with Crippen molar-refractivity contribution in [1.29, 1.82) is 0 Å². The Morgan fingerprint density at radius 2 is 1.85 bits per heavy atom. The molecule has 4 rings (SSSR count). The van der Waals surface area contributed by atoms with E-state index in [0.29, 0.717) is 23.5 Å². The summed E-state index contributed by atoms with van der Waals surface area (Å²) in [6.45, 7) is 1.73. The monoisotopic (exact) mass is 447 g/mol. The summed E-state index contributed by atoms with van der Waals surface area (Å²) in [4.78, 5) is 23.3. The molecular formula is C26H33N5O2. The fraction of sp³-hybridized carbons (Fsp3) is 0.423. The molecule has 174 valence electrons. The number of rotatable bonds is 8. The van der Waals surface area contributed by atoms with E-state index in [1.54, 1.807) is 6.07 Å². The number of esters is 1. The second-order valence-corrected chi connectivity index (χ2v) is 8.97. The largest absolute Gasteiger partial charge is 0.465 e. The van der Waals surface area contributed by atoms with Crippen molar-refractivity contribution in [3.8, 4) is 0 Å². The average Bonchev–Trinajstić information content (AvgIpc) is 2.84. The summed E-state index contributed by atoms with van der Waals surface area (Å²) in [5.41, 5.74) is 2.66. The third-order valence-electron chi connectivity index (χ3n) is 6.30. The summed E-state index contributed by atoms with van der Waals surface area (Å²) in [6.07, 6.45) is 4.55. The van der Waals surface area contributed by atoms with E-state index in [1.165, 1.54) is 20.0 Å². The second kappa shape index (κ2) is 10.6. The normalized spacial score (nSPS) is 18.2. The summed E-state index contributed by atoms with van der Waals surface area (Å²) >= 11 is 0. The van der Waals surface area contributed by atoms with Crippen LogP contribution in [0.3, 0.4) is 0 Å². The van der Waals surface area contributed by atoms with Gasteiger partial charge in [0.05, 0.1) is 18.2 Å². The number of carbonyl (C=O) groups excluding carboxylic acids is 1. The lowest BCUT2D eigenvalue weighted by molar-refractivity contribution is 0.0600. The van der Waals surface area contributed by atoms with Gasteiger partial charge in [0.1, 0.15) is 5.82 Å². The Hall–Kier alpha value is -3.19. The predicted octanol–water partition coefficient (Wildman–Crippen LogP) is 4.24. The molecule has 0 bridgehead atoms. The highest BCUT2D eigenvalue weighted by atomic mass is 16.5. The first kappa shape index (κ1) is 23.0. The smallest absolute Gasteiger partial charge is 0.337 e. The standard InChI is InChI=1S/C26H33N5O2/c1-31(2)24-22-9-4-5-10-23(22)29-26(30-24)28-21-13-11-18(12-14-21)16-27-17-19-7-6-8-20(15-19)25(32)33-3/h4-10,15,18,21,27H,11-14,16-17H2,1-3H3,(H,28,29,30)/t18-,21+. The average molecular weight is 448 g/mol. The van der Waals surface area contributed by atoms with Gasteiger partial charge in [-0.1, -0.05) is 24.3 Å². The minimum Gasteiger partial charge on any atom is -0.465 e. The Morgan fingerprint density at radius 3 is 2.61 bits per heavy atom. The lowest BCUT2D eigenvalue weighted by Gasteiger charge is -2.29. The van der Waals surface area contributed by atoms with Crippen LogP contribution < -0.4 is 15.5 Å². The number of nitrogens with one attached hydrogen (secondary N) is 2. The molecule has 3 aromatic rings. The number of nitrogens with zero attached hydrogens (tertiary/aromatic N) is 3. The van der Waals surface area contributed by atoms with Crippen molar-refractivity contribution in [3.63, 3.8) is 0 Å². The van der Waals surface area contributed by atoms with E-state index in [4.69, 9.17) is 14.7 Å². The third kappa shape index (κ3) is 5.79. The number of aromatic nitrogens is 2. The van der Waals surface area contributed by atoms with Crippen molar-refractivity contribution in [2.45, 2.75) is 38.3 Å². The number of hydrogen-bond acceptors (Lipinski definition) is 7. The molecule has 7 heteroatoms. The maximum absolute atomic E-state index is 11.7. The van der Waals surface area contributed by atoms with Crippen molar-refractivity contribution < 1.29 is 9.53 Å². The fourth-order valence-corrected chi connectivity index (χ4v) is 4.51. The molecule has 0 radical (unpaired) electrons. The number of ether oxygens (including phenoxy) is 1. The number of para-hydroxylation sites is 1. The van der Waals surface area contributed by atoms with E-state index in [9.17, 15) is 4.79 Å². The lowest BCUT2D eigenvalue weighted by atomic mass is 9.86. The highest BCUT2D eigenvalue weighted by Crippen LogP contribution is 2.28. The number of anilines is 2. The first-order valence-corrected chi connectivity index (χ1v) is 11.6. The Labute approximate surface area is 195 Å². The number of hydrogen-bond donors (Lipinski definition) is 2. The lowest BCUT2D eigenvalue weighted by Crippen LogP contribution is -2.31. The van der Waals surface area contributed by atoms with Crippen LogP contribution in [0, 0.1) is 5.92 Å². The van der Waals surface area contributed by atoms with E-state index in [-0.39, 0.29) is 5.97 Å². The van der Waals surface area contributed by atoms with Crippen LogP contribution in [-0.4, -0.2) is 49.7 Å². The molecule has 0 aliphatic heterocycles. The molecule has 1 fully saturated rings. The molecule has 1 heterocycles. The molecule has 1 aliphatic rings. The first-order chi connectivity index (χ1) is 16.0. The van der Waals surface area contributed by atoms with Gasteiger partial charge in [0, 0.05) is 32.1 Å².